The van der Waals surface area contributed by atoms with E-state index in [0.29, 0.717) is 16.5 Å². The van der Waals surface area contributed by atoms with Crippen molar-refractivity contribution >= 4 is 17.5 Å². The molecule has 2 aromatic rings. The van der Waals surface area contributed by atoms with Crippen LogP contribution < -0.4 is 5.73 Å². The van der Waals surface area contributed by atoms with E-state index >= 15 is 0 Å². The molecule has 0 radical (unpaired) electrons. The zero-order valence-corrected chi connectivity index (χ0v) is 16.5. The van der Waals surface area contributed by atoms with Crippen molar-refractivity contribution in [1.29, 1.82) is 5.26 Å². The summed E-state index contributed by atoms with van der Waals surface area (Å²) in [7, 11) is 0. The lowest BCUT2D eigenvalue weighted by atomic mass is 9.95. The number of hydrogen-bond acceptors (Lipinski definition) is 6. The summed E-state index contributed by atoms with van der Waals surface area (Å²) in [6.07, 6.45) is 5.30. The van der Waals surface area contributed by atoms with E-state index in [0.717, 1.165) is 25.7 Å². The lowest BCUT2D eigenvalue weighted by molar-refractivity contribution is -0.112. The van der Waals surface area contributed by atoms with Crippen LogP contribution in [0.5, 0.6) is 0 Å². The van der Waals surface area contributed by atoms with Crippen molar-refractivity contribution in [1.82, 2.24) is 14.8 Å². The number of carbonyl (C=O) groups excluding carboxylic acids is 1. The number of Topliss-reactive ketones (excluding diaryl/α,β-unsaturated/α-hetero) is 1. The Hall–Kier alpha value is -2.66. The minimum absolute atomic E-state index is 0.0273. The van der Waals surface area contributed by atoms with Crippen molar-refractivity contribution in [2.75, 3.05) is 5.75 Å². The van der Waals surface area contributed by atoms with E-state index in [1.165, 1.54) is 31.2 Å². The fourth-order valence-electron chi connectivity index (χ4n) is 3.44. The molecule has 0 saturated heterocycles. The molecule has 0 bridgehead atoms. The smallest absolute Gasteiger partial charge is 0.192 e. The predicted molar refractivity (Wildman–Crippen MR) is 106 cm³/mol. The van der Waals surface area contributed by atoms with Crippen LogP contribution in [0, 0.1) is 17.1 Å². The van der Waals surface area contributed by atoms with Crippen LogP contribution in [0.2, 0.25) is 0 Å². The topological polar surface area (TPSA) is 97.6 Å². The molecular weight excluding hydrogens is 377 g/mol. The maximum Gasteiger partial charge on any atom is 0.192 e. The summed E-state index contributed by atoms with van der Waals surface area (Å²) in [5.74, 6) is -0.197. The van der Waals surface area contributed by atoms with Gasteiger partial charge >= 0.3 is 0 Å². The highest BCUT2D eigenvalue weighted by molar-refractivity contribution is 7.99. The van der Waals surface area contributed by atoms with Gasteiger partial charge in [0.05, 0.1) is 11.3 Å². The molecule has 0 spiro atoms. The molecule has 1 aromatic carbocycles. The van der Waals surface area contributed by atoms with Crippen molar-refractivity contribution in [2.24, 2.45) is 5.73 Å². The van der Waals surface area contributed by atoms with Crippen LogP contribution >= 0.6 is 11.8 Å². The van der Waals surface area contributed by atoms with Crippen LogP contribution in [-0.2, 0) is 4.79 Å². The number of rotatable bonds is 6. The number of aromatic nitrogens is 3. The molecule has 1 aromatic heterocycles. The summed E-state index contributed by atoms with van der Waals surface area (Å²) in [6.45, 7) is 1.53. The number of thioether (sulfide) groups is 1. The highest BCUT2D eigenvalue weighted by Crippen LogP contribution is 2.36. The number of nitrogens with zero attached hydrogens (tertiary/aromatic N) is 4. The Balaban J connectivity index is 1.93. The van der Waals surface area contributed by atoms with E-state index in [1.807, 2.05) is 10.6 Å². The van der Waals surface area contributed by atoms with Gasteiger partial charge in [0.1, 0.15) is 17.5 Å². The van der Waals surface area contributed by atoms with Crippen LogP contribution in [0.4, 0.5) is 4.39 Å². The first-order chi connectivity index (χ1) is 13.5. The number of ketones is 1. The Morgan fingerprint density at radius 1 is 1.32 bits per heavy atom. The van der Waals surface area contributed by atoms with Crippen LogP contribution in [0.25, 0.3) is 11.4 Å². The van der Waals surface area contributed by atoms with Gasteiger partial charge in [-0.15, -0.1) is 10.2 Å². The molecule has 2 N–H and O–H groups in total. The lowest BCUT2D eigenvalue weighted by Crippen LogP contribution is -2.16. The van der Waals surface area contributed by atoms with Gasteiger partial charge in [0.2, 0.25) is 0 Å². The zero-order chi connectivity index (χ0) is 20.1. The molecule has 1 aliphatic rings. The molecule has 146 valence electrons. The SMILES string of the molecule is C/C(N)=C(\C#N)C(=O)CSc1nnc(-c2ccccc2F)n1C1CCCCC1. The third-order valence-corrected chi connectivity index (χ3v) is 5.78. The van der Waals surface area contributed by atoms with Gasteiger partial charge in [-0.05, 0) is 31.9 Å². The molecular formula is C20H22FN5OS. The molecule has 0 atom stereocenters. The van der Waals surface area contributed by atoms with Gasteiger partial charge in [-0.2, -0.15) is 5.26 Å². The summed E-state index contributed by atoms with van der Waals surface area (Å²) in [4.78, 5) is 12.3. The van der Waals surface area contributed by atoms with Crippen LogP contribution in [0.3, 0.4) is 0 Å². The van der Waals surface area contributed by atoms with Crippen molar-refractivity contribution in [3.05, 3.63) is 41.4 Å². The summed E-state index contributed by atoms with van der Waals surface area (Å²) >= 11 is 1.21. The summed E-state index contributed by atoms with van der Waals surface area (Å²) in [5.41, 5.74) is 6.18. The van der Waals surface area contributed by atoms with Crippen molar-refractivity contribution < 1.29 is 9.18 Å². The Morgan fingerprint density at radius 2 is 2.04 bits per heavy atom. The second kappa shape index (κ2) is 9.02. The molecule has 1 aliphatic carbocycles. The van der Waals surface area contributed by atoms with Crippen molar-refractivity contribution in [3.63, 3.8) is 0 Å². The standard InChI is InChI=1S/C20H22FN5OS/c1-13(23)16(11-22)18(27)12-28-20-25-24-19(15-9-5-6-10-17(15)21)26(20)14-7-3-2-4-8-14/h5-6,9-10,14H,2-4,7-8,12,23H2,1H3/b16-13-. The van der Waals surface area contributed by atoms with Gasteiger partial charge in [0.15, 0.2) is 16.8 Å². The average molecular weight is 399 g/mol. The number of allylic oxidation sites excluding steroid dienone is 2. The van der Waals surface area contributed by atoms with E-state index in [1.54, 1.807) is 18.2 Å². The second-order valence-electron chi connectivity index (χ2n) is 6.83. The first-order valence-electron chi connectivity index (χ1n) is 9.25. The molecule has 0 unspecified atom stereocenters. The minimum atomic E-state index is -0.354. The normalized spacial score (nSPS) is 15.8. The third kappa shape index (κ3) is 4.25. The van der Waals surface area contributed by atoms with Gasteiger partial charge in [-0.25, -0.2) is 4.39 Å². The molecule has 1 saturated carbocycles. The fourth-order valence-corrected chi connectivity index (χ4v) is 4.32. The van der Waals surface area contributed by atoms with E-state index < -0.39 is 0 Å². The molecule has 1 heterocycles. The monoisotopic (exact) mass is 399 g/mol. The van der Waals surface area contributed by atoms with Gasteiger partial charge in [-0.3, -0.25) is 9.36 Å². The van der Waals surface area contributed by atoms with Gasteiger partial charge in [-0.1, -0.05) is 43.2 Å². The molecule has 8 heteroatoms. The lowest BCUT2D eigenvalue weighted by Gasteiger charge is -2.25. The summed E-state index contributed by atoms with van der Waals surface area (Å²) in [6, 6.07) is 8.51. The first kappa shape index (κ1) is 20.1. The van der Waals surface area contributed by atoms with Gasteiger partial charge in [0.25, 0.3) is 0 Å². The van der Waals surface area contributed by atoms with E-state index in [-0.39, 0.29) is 34.7 Å². The number of halogens is 1. The minimum Gasteiger partial charge on any atom is -0.401 e. The van der Waals surface area contributed by atoms with Crippen LogP contribution in [0.15, 0.2) is 40.7 Å². The molecule has 3 rings (SSSR count). The van der Waals surface area contributed by atoms with Crippen LogP contribution in [0.1, 0.15) is 45.1 Å². The Labute approximate surface area is 167 Å². The third-order valence-electron chi connectivity index (χ3n) is 4.84. The largest absolute Gasteiger partial charge is 0.401 e. The Kier molecular flexibility index (Phi) is 6.47. The average Bonchev–Trinajstić information content (AvgIpc) is 3.11. The maximum absolute atomic E-state index is 14.4. The van der Waals surface area contributed by atoms with E-state index in [4.69, 9.17) is 11.0 Å². The number of nitrogens with two attached hydrogens (primary N) is 1. The number of hydrogen-bond donors (Lipinski definition) is 1. The van der Waals surface area contributed by atoms with Gasteiger partial charge in [0, 0.05) is 11.7 Å². The van der Waals surface area contributed by atoms with Gasteiger partial charge < -0.3 is 5.73 Å². The molecule has 28 heavy (non-hydrogen) atoms. The second-order valence-corrected chi connectivity index (χ2v) is 7.77. The number of benzene rings is 1. The fraction of sp³-hybridized carbons (Fsp3) is 0.400. The quantitative estimate of drug-likeness (QED) is 0.448. The molecule has 1 fully saturated rings. The summed E-state index contributed by atoms with van der Waals surface area (Å²) < 4.78 is 16.3. The first-order valence-corrected chi connectivity index (χ1v) is 10.2. The predicted octanol–water partition coefficient (Wildman–Crippen LogP) is 4.01. The maximum atomic E-state index is 14.4. The molecule has 0 amide bonds. The van der Waals surface area contributed by atoms with Crippen molar-refractivity contribution in [2.45, 2.75) is 50.2 Å². The van der Waals surface area contributed by atoms with Crippen LogP contribution in [-0.4, -0.2) is 26.3 Å². The molecule has 0 aliphatic heterocycles. The Morgan fingerprint density at radius 3 is 2.68 bits per heavy atom. The number of nitriles is 1. The zero-order valence-electron chi connectivity index (χ0n) is 15.7. The Bertz CT molecular complexity index is 936. The summed E-state index contributed by atoms with van der Waals surface area (Å²) in [5, 5.41) is 18.2. The van der Waals surface area contributed by atoms with E-state index in [2.05, 4.69) is 10.2 Å². The molecule has 6 nitrogen and oxygen atoms in total. The highest BCUT2D eigenvalue weighted by atomic mass is 32.2. The number of carbonyl (C=O) groups is 1. The van der Waals surface area contributed by atoms with E-state index in [9.17, 15) is 9.18 Å². The van der Waals surface area contributed by atoms with Crippen molar-refractivity contribution in [3.8, 4) is 17.5 Å². The highest BCUT2D eigenvalue weighted by Gasteiger charge is 2.25.